The topological polar surface area (TPSA) is 114 Å². The zero-order valence-electron chi connectivity index (χ0n) is 29.0. The molecule has 0 saturated heterocycles. The van der Waals surface area contributed by atoms with Gasteiger partial charge < -0.3 is 24.4 Å². The molecule has 0 spiro atoms. The lowest BCUT2D eigenvalue weighted by Crippen LogP contribution is -2.53. The second-order valence-electron chi connectivity index (χ2n) is 11.9. The van der Waals surface area contributed by atoms with Crippen molar-refractivity contribution in [2.75, 3.05) is 38.2 Å². The van der Waals surface area contributed by atoms with E-state index in [1.165, 1.54) is 67.7 Å². The molecule has 1 atom stereocenters. The summed E-state index contributed by atoms with van der Waals surface area (Å²) in [6, 6.07) is 24.5. The predicted molar refractivity (Wildman–Crippen MR) is 190 cm³/mol. The molecule has 0 aliphatic carbocycles. The van der Waals surface area contributed by atoms with E-state index in [-0.39, 0.29) is 40.8 Å². The van der Waals surface area contributed by atoms with Gasteiger partial charge in [0.15, 0.2) is 11.5 Å². The van der Waals surface area contributed by atoms with Gasteiger partial charge in [-0.05, 0) is 60.9 Å². The van der Waals surface area contributed by atoms with Gasteiger partial charge in [-0.15, -0.1) is 0 Å². The van der Waals surface area contributed by atoms with E-state index in [2.05, 4.69) is 5.32 Å². The molecule has 266 valence electrons. The molecule has 4 rings (SSSR count). The van der Waals surface area contributed by atoms with E-state index in [1.54, 1.807) is 18.2 Å². The van der Waals surface area contributed by atoms with E-state index in [1.807, 2.05) is 51.1 Å². The Balaban J connectivity index is 1.84. The molecule has 2 amide bonds. The molecular formula is C38H44FN3O7S. The summed E-state index contributed by atoms with van der Waals surface area (Å²) in [5.41, 5.74) is 1.11. The highest BCUT2D eigenvalue weighted by molar-refractivity contribution is 7.92. The summed E-state index contributed by atoms with van der Waals surface area (Å²) in [5.74, 6) is -0.590. The fourth-order valence-corrected chi connectivity index (χ4v) is 6.73. The van der Waals surface area contributed by atoms with Crippen molar-refractivity contribution in [2.45, 2.75) is 44.7 Å². The van der Waals surface area contributed by atoms with E-state index in [0.29, 0.717) is 24.7 Å². The number of hydrogen-bond donors (Lipinski definition) is 1. The average Bonchev–Trinajstić information content (AvgIpc) is 3.12. The Labute approximate surface area is 293 Å². The summed E-state index contributed by atoms with van der Waals surface area (Å²) in [7, 11) is -1.61. The highest BCUT2D eigenvalue weighted by atomic mass is 32.2. The number of amides is 2. The van der Waals surface area contributed by atoms with Crippen LogP contribution in [0.4, 0.5) is 10.1 Å². The fraction of sp³-hybridized carbons (Fsp3) is 0.316. The molecule has 0 aliphatic heterocycles. The van der Waals surface area contributed by atoms with Gasteiger partial charge in [0, 0.05) is 31.1 Å². The summed E-state index contributed by atoms with van der Waals surface area (Å²) in [6.45, 7) is 5.47. The number of nitrogens with zero attached hydrogens (tertiary/aromatic N) is 2. The number of ether oxygens (including phenoxy) is 3. The number of carbonyl (C=O) groups is 2. The Kier molecular flexibility index (Phi) is 13.2. The van der Waals surface area contributed by atoms with Crippen LogP contribution in [0, 0.1) is 11.7 Å². The first-order valence-corrected chi connectivity index (χ1v) is 17.7. The molecule has 4 aromatic rings. The molecule has 0 aliphatic rings. The number of hydrogen-bond acceptors (Lipinski definition) is 7. The molecule has 0 fully saturated rings. The number of methoxy groups -OCH3 is 2. The van der Waals surface area contributed by atoms with Gasteiger partial charge in [0.2, 0.25) is 11.8 Å². The molecule has 0 saturated carbocycles. The molecule has 4 aromatic carbocycles. The second-order valence-corrected chi connectivity index (χ2v) is 13.8. The molecule has 10 nitrogen and oxygen atoms in total. The second kappa shape index (κ2) is 17.5. The zero-order chi connectivity index (χ0) is 36.3. The van der Waals surface area contributed by atoms with Crippen molar-refractivity contribution in [3.05, 3.63) is 114 Å². The van der Waals surface area contributed by atoms with E-state index in [0.717, 1.165) is 9.87 Å². The Morgan fingerprint density at radius 2 is 1.52 bits per heavy atom. The van der Waals surface area contributed by atoms with Crippen LogP contribution in [0.25, 0.3) is 0 Å². The van der Waals surface area contributed by atoms with Crippen LogP contribution < -0.4 is 23.8 Å². The van der Waals surface area contributed by atoms with Crippen molar-refractivity contribution < 1.29 is 36.6 Å². The number of benzene rings is 4. The SMILES string of the molecule is CCOc1ccc(N(CC(=O)N(Cc2ccccc2F)[C@@H](Cc2ccccc2)C(=O)NCC(C)C)S(=O)(=O)c2ccc(OC)c(OC)c2)cc1. The van der Waals surface area contributed by atoms with Crippen molar-refractivity contribution in [1.29, 1.82) is 0 Å². The Morgan fingerprint density at radius 3 is 2.14 bits per heavy atom. The highest BCUT2D eigenvalue weighted by Crippen LogP contribution is 2.33. The third-order valence-corrected chi connectivity index (χ3v) is 9.68. The van der Waals surface area contributed by atoms with Crippen LogP contribution in [0.15, 0.2) is 102 Å². The van der Waals surface area contributed by atoms with Crippen LogP contribution in [-0.4, -0.2) is 65.1 Å². The zero-order valence-corrected chi connectivity index (χ0v) is 29.8. The minimum Gasteiger partial charge on any atom is -0.494 e. The van der Waals surface area contributed by atoms with Crippen molar-refractivity contribution in [2.24, 2.45) is 5.92 Å². The monoisotopic (exact) mass is 705 g/mol. The van der Waals surface area contributed by atoms with Gasteiger partial charge in [-0.2, -0.15) is 0 Å². The van der Waals surface area contributed by atoms with Crippen molar-refractivity contribution in [1.82, 2.24) is 10.2 Å². The number of anilines is 1. The minimum atomic E-state index is -4.44. The first-order valence-electron chi connectivity index (χ1n) is 16.3. The molecule has 0 unspecified atom stereocenters. The Bertz CT molecular complexity index is 1840. The standard InChI is InChI=1S/C38H44FN3O7S/c1-6-49-31-18-16-30(17-19-31)42(50(45,46)32-20-21-35(47-4)36(23-32)48-5)26-37(43)41(25-29-14-10-11-15-33(29)39)34(38(44)40-24-27(2)3)22-28-12-8-7-9-13-28/h7-21,23,27,34H,6,22,24-26H2,1-5H3,(H,40,44)/t34-/m0/s1. The van der Waals surface area contributed by atoms with Crippen LogP contribution >= 0.6 is 0 Å². The molecule has 0 radical (unpaired) electrons. The van der Waals surface area contributed by atoms with E-state index < -0.39 is 40.2 Å². The Morgan fingerprint density at radius 1 is 0.860 bits per heavy atom. The summed E-state index contributed by atoms with van der Waals surface area (Å²) in [6.07, 6.45) is 0.108. The van der Waals surface area contributed by atoms with Crippen molar-refractivity contribution in [3.8, 4) is 17.2 Å². The van der Waals surface area contributed by atoms with Gasteiger partial charge in [0.25, 0.3) is 10.0 Å². The number of nitrogens with one attached hydrogen (secondary N) is 1. The van der Waals surface area contributed by atoms with Gasteiger partial charge in [0.1, 0.15) is 24.2 Å². The van der Waals surface area contributed by atoms with E-state index >= 15 is 4.39 Å². The van der Waals surface area contributed by atoms with E-state index in [9.17, 15) is 18.0 Å². The molecule has 1 N–H and O–H groups in total. The van der Waals surface area contributed by atoms with Gasteiger partial charge in [-0.25, -0.2) is 12.8 Å². The maximum Gasteiger partial charge on any atom is 0.264 e. The molecule has 0 heterocycles. The first-order chi connectivity index (χ1) is 24.0. The third kappa shape index (κ3) is 9.53. The molecular weight excluding hydrogens is 661 g/mol. The van der Waals surface area contributed by atoms with Crippen LogP contribution in [0.2, 0.25) is 0 Å². The van der Waals surface area contributed by atoms with Gasteiger partial charge in [-0.3, -0.25) is 13.9 Å². The highest BCUT2D eigenvalue weighted by Gasteiger charge is 2.35. The van der Waals surface area contributed by atoms with E-state index in [4.69, 9.17) is 14.2 Å². The predicted octanol–water partition coefficient (Wildman–Crippen LogP) is 5.85. The van der Waals surface area contributed by atoms with Gasteiger partial charge in [-0.1, -0.05) is 62.4 Å². The van der Waals surface area contributed by atoms with Crippen LogP contribution in [-0.2, 0) is 32.6 Å². The van der Waals surface area contributed by atoms with Gasteiger partial charge in [0.05, 0.1) is 31.4 Å². The lowest BCUT2D eigenvalue weighted by Gasteiger charge is -2.34. The number of sulfonamides is 1. The number of halogens is 1. The first kappa shape index (κ1) is 37.7. The van der Waals surface area contributed by atoms with Crippen LogP contribution in [0.5, 0.6) is 17.2 Å². The molecule has 0 bridgehead atoms. The quantitative estimate of drug-likeness (QED) is 0.147. The molecule has 12 heteroatoms. The fourth-order valence-electron chi connectivity index (χ4n) is 5.29. The van der Waals surface area contributed by atoms with Crippen molar-refractivity contribution in [3.63, 3.8) is 0 Å². The smallest absolute Gasteiger partial charge is 0.264 e. The Hall–Kier alpha value is -5.10. The summed E-state index contributed by atoms with van der Waals surface area (Å²) < 4.78 is 61.2. The number of carbonyl (C=O) groups excluding carboxylic acids is 2. The lowest BCUT2D eigenvalue weighted by atomic mass is 10.0. The summed E-state index contributed by atoms with van der Waals surface area (Å²) in [4.78, 5) is 29.6. The molecule has 50 heavy (non-hydrogen) atoms. The molecule has 0 aromatic heterocycles. The summed E-state index contributed by atoms with van der Waals surface area (Å²) in [5, 5.41) is 2.92. The average molecular weight is 706 g/mol. The van der Waals surface area contributed by atoms with Crippen LogP contribution in [0.3, 0.4) is 0 Å². The van der Waals surface area contributed by atoms with Crippen LogP contribution in [0.1, 0.15) is 31.9 Å². The summed E-state index contributed by atoms with van der Waals surface area (Å²) >= 11 is 0. The van der Waals surface area contributed by atoms with Crippen molar-refractivity contribution >= 4 is 27.5 Å². The number of rotatable bonds is 17. The largest absolute Gasteiger partial charge is 0.494 e. The maximum atomic E-state index is 15.2. The van der Waals surface area contributed by atoms with Gasteiger partial charge >= 0.3 is 0 Å². The third-order valence-electron chi connectivity index (χ3n) is 7.91. The maximum absolute atomic E-state index is 15.2. The normalized spacial score (nSPS) is 11.8. The lowest BCUT2D eigenvalue weighted by molar-refractivity contribution is -0.140. The minimum absolute atomic E-state index is 0.108.